The van der Waals surface area contributed by atoms with E-state index in [9.17, 15) is 9.59 Å². The zero-order valence-electron chi connectivity index (χ0n) is 27.1. The number of allylic oxidation sites excluding steroid dienone is 3. The van der Waals surface area contributed by atoms with E-state index in [0.29, 0.717) is 41.8 Å². The molecule has 1 aromatic carbocycles. The van der Waals surface area contributed by atoms with Gasteiger partial charge in [0.25, 0.3) is 6.47 Å². The Morgan fingerprint density at radius 3 is 2.40 bits per heavy atom. The van der Waals surface area contributed by atoms with Crippen LogP contribution in [0.25, 0.3) is 5.57 Å². The van der Waals surface area contributed by atoms with Crippen molar-refractivity contribution in [3.05, 3.63) is 48.1 Å². The highest BCUT2D eigenvalue weighted by molar-refractivity contribution is 5.78. The number of ether oxygens (including phenoxy) is 2. The topological polar surface area (TPSA) is 52.6 Å². The van der Waals surface area contributed by atoms with Crippen molar-refractivity contribution in [3.8, 4) is 5.75 Å². The van der Waals surface area contributed by atoms with E-state index in [1.54, 1.807) is 7.11 Å². The van der Waals surface area contributed by atoms with E-state index in [1.165, 1.54) is 42.4 Å². The van der Waals surface area contributed by atoms with Crippen LogP contribution in [0.2, 0.25) is 0 Å². The molecule has 0 unspecified atom stereocenters. The number of methoxy groups -OCH3 is 1. The maximum absolute atomic E-state index is 13.5. The van der Waals surface area contributed by atoms with Crippen LogP contribution in [-0.2, 0) is 14.3 Å². The Hall–Kier alpha value is -2.36. The molecule has 0 radical (unpaired) electrons. The molecule has 228 valence electrons. The number of carbonyl (C=O) groups excluding carboxylic acids is 2. The second-order valence-corrected chi connectivity index (χ2v) is 16.1. The molecule has 1 aromatic rings. The third-order valence-corrected chi connectivity index (χ3v) is 14.6. The van der Waals surface area contributed by atoms with Gasteiger partial charge in [0.05, 0.1) is 12.5 Å². The fraction of sp³-hybridized carbons (Fsp3) is 0.684. The lowest BCUT2D eigenvalue weighted by Gasteiger charge is -2.72. The number of hydrogen-bond donors (Lipinski definition) is 0. The standard InChI is InChI=1S/C38H52O4/c1-24(2)27-14-19-38(33(40)41-8)21-20-36(6)29(32(27)38)12-13-31-35(5)17-15-28(25-10-9-11-26(22-25)42-23-39)34(3,4)30(35)16-18-37(31,36)7/h9-11,15,22-23,27,29-32H,1,12-14,16-21H2,2-8H3/t27-,29+,30-,31+,32+,35-,36+,37+,38-/m0/s1. The van der Waals surface area contributed by atoms with E-state index in [1.807, 2.05) is 18.2 Å². The van der Waals surface area contributed by atoms with Gasteiger partial charge in [-0.2, -0.15) is 0 Å². The van der Waals surface area contributed by atoms with Crippen LogP contribution in [0, 0.1) is 56.7 Å². The Balaban J connectivity index is 1.38. The average molecular weight is 573 g/mol. The molecular weight excluding hydrogens is 520 g/mol. The Bertz CT molecular complexity index is 1320. The van der Waals surface area contributed by atoms with Crippen molar-refractivity contribution in [1.29, 1.82) is 0 Å². The molecule has 9 atom stereocenters. The first-order valence-corrected chi connectivity index (χ1v) is 16.5. The van der Waals surface area contributed by atoms with Gasteiger partial charge in [0, 0.05) is 0 Å². The van der Waals surface area contributed by atoms with Gasteiger partial charge < -0.3 is 9.47 Å². The maximum Gasteiger partial charge on any atom is 0.312 e. The van der Waals surface area contributed by atoms with E-state index in [4.69, 9.17) is 9.47 Å². The number of fused-ring (bicyclic) bond motifs is 7. The Morgan fingerprint density at radius 1 is 0.952 bits per heavy atom. The Morgan fingerprint density at radius 2 is 1.71 bits per heavy atom. The van der Waals surface area contributed by atoms with Crippen molar-refractivity contribution in [2.24, 2.45) is 56.7 Å². The molecule has 6 rings (SSSR count). The quantitative estimate of drug-likeness (QED) is 0.201. The molecule has 4 nitrogen and oxygen atoms in total. The van der Waals surface area contributed by atoms with E-state index >= 15 is 0 Å². The predicted octanol–water partition coefficient (Wildman–Crippen LogP) is 9.05. The van der Waals surface area contributed by atoms with Gasteiger partial charge >= 0.3 is 5.97 Å². The summed E-state index contributed by atoms with van der Waals surface area (Å²) < 4.78 is 10.8. The lowest BCUT2D eigenvalue weighted by molar-refractivity contribution is -0.228. The number of esters is 1. The Kier molecular flexibility index (Phi) is 6.95. The highest BCUT2D eigenvalue weighted by Gasteiger charge is 2.71. The van der Waals surface area contributed by atoms with E-state index in [2.05, 4.69) is 60.3 Å². The van der Waals surface area contributed by atoms with Gasteiger partial charge in [-0.1, -0.05) is 65.0 Å². The van der Waals surface area contributed by atoms with Crippen LogP contribution in [0.1, 0.15) is 105 Å². The minimum Gasteiger partial charge on any atom is -0.469 e. The minimum absolute atomic E-state index is 0.00892. The number of rotatable bonds is 5. The van der Waals surface area contributed by atoms with Crippen molar-refractivity contribution in [2.75, 3.05) is 7.11 Å². The van der Waals surface area contributed by atoms with E-state index < -0.39 is 0 Å². The van der Waals surface area contributed by atoms with Gasteiger partial charge in [0.15, 0.2) is 0 Å². The monoisotopic (exact) mass is 572 g/mol. The van der Waals surface area contributed by atoms with Gasteiger partial charge in [0.1, 0.15) is 5.75 Å². The largest absolute Gasteiger partial charge is 0.469 e. The van der Waals surface area contributed by atoms with Crippen LogP contribution in [0.3, 0.4) is 0 Å². The number of benzene rings is 1. The molecule has 0 aromatic heterocycles. The smallest absolute Gasteiger partial charge is 0.312 e. The van der Waals surface area contributed by atoms with Crippen molar-refractivity contribution in [3.63, 3.8) is 0 Å². The molecule has 5 aliphatic rings. The molecule has 0 amide bonds. The average Bonchev–Trinajstić information content (AvgIpc) is 3.34. The van der Waals surface area contributed by atoms with Crippen molar-refractivity contribution < 1.29 is 19.1 Å². The molecule has 4 fully saturated rings. The highest BCUT2D eigenvalue weighted by atomic mass is 16.5. The first-order chi connectivity index (χ1) is 19.8. The summed E-state index contributed by atoms with van der Waals surface area (Å²) in [5.74, 6) is 3.15. The Labute approximate surface area is 253 Å². The first-order valence-electron chi connectivity index (χ1n) is 16.5. The summed E-state index contributed by atoms with van der Waals surface area (Å²) in [5.41, 5.74) is 4.13. The number of hydrogen-bond acceptors (Lipinski definition) is 4. The molecular formula is C38H52O4. The van der Waals surface area contributed by atoms with Crippen LogP contribution in [0.4, 0.5) is 0 Å². The summed E-state index contributed by atoms with van der Waals surface area (Å²) >= 11 is 0. The summed E-state index contributed by atoms with van der Waals surface area (Å²) in [6.45, 7) is 19.9. The lowest BCUT2D eigenvalue weighted by atomic mass is 9.32. The molecule has 0 saturated heterocycles. The summed E-state index contributed by atoms with van der Waals surface area (Å²) in [6, 6.07) is 8.05. The second kappa shape index (κ2) is 9.83. The van der Waals surface area contributed by atoms with Crippen LogP contribution in [0.5, 0.6) is 5.75 Å². The second-order valence-electron chi connectivity index (χ2n) is 16.1. The summed E-state index contributed by atoms with van der Waals surface area (Å²) in [6.07, 6.45) is 12.6. The van der Waals surface area contributed by atoms with Gasteiger partial charge in [0.2, 0.25) is 0 Å². The van der Waals surface area contributed by atoms with Crippen LogP contribution in [-0.4, -0.2) is 19.6 Å². The summed E-state index contributed by atoms with van der Waals surface area (Å²) in [7, 11) is 1.59. The molecule has 4 heteroatoms. The maximum atomic E-state index is 13.5. The molecule has 42 heavy (non-hydrogen) atoms. The highest BCUT2D eigenvalue weighted by Crippen LogP contribution is 2.77. The molecule has 4 saturated carbocycles. The molecule has 5 aliphatic carbocycles. The van der Waals surface area contributed by atoms with Crippen molar-refractivity contribution in [2.45, 2.75) is 99.3 Å². The lowest BCUT2D eigenvalue weighted by Crippen LogP contribution is -2.66. The SMILES string of the molecule is C=C(C)[C@@H]1CC[C@]2(C(=O)OC)CC[C@]3(C)[C@H](CC[C@@H]4[C@@]5(C)CC=C(c6cccc(OC=O)c6)C(C)(C)[C@@H]5CC[C@]43C)[C@@H]12. The molecule has 0 N–H and O–H groups in total. The molecule has 0 aliphatic heterocycles. The predicted molar refractivity (Wildman–Crippen MR) is 167 cm³/mol. The van der Waals surface area contributed by atoms with Crippen molar-refractivity contribution in [1.82, 2.24) is 0 Å². The fourth-order valence-corrected chi connectivity index (χ4v) is 12.6. The fourth-order valence-electron chi connectivity index (χ4n) is 12.6. The molecule has 0 bridgehead atoms. The van der Waals surface area contributed by atoms with Gasteiger partial charge in [-0.25, -0.2) is 0 Å². The van der Waals surface area contributed by atoms with E-state index in [-0.39, 0.29) is 33.0 Å². The van der Waals surface area contributed by atoms with E-state index in [0.717, 1.165) is 32.1 Å². The minimum atomic E-state index is -0.334. The van der Waals surface area contributed by atoms with Gasteiger partial charge in [-0.05, 0) is 139 Å². The van der Waals surface area contributed by atoms with Crippen molar-refractivity contribution >= 4 is 18.0 Å². The number of carbonyl (C=O) groups is 2. The van der Waals surface area contributed by atoms with Crippen LogP contribution in [0.15, 0.2) is 42.5 Å². The molecule has 0 spiro atoms. The van der Waals surface area contributed by atoms with Gasteiger partial charge in [-0.3, -0.25) is 9.59 Å². The zero-order valence-corrected chi connectivity index (χ0v) is 27.1. The summed E-state index contributed by atoms with van der Waals surface area (Å²) in [4.78, 5) is 24.5. The zero-order chi connectivity index (χ0) is 30.3. The van der Waals surface area contributed by atoms with Gasteiger partial charge in [-0.15, -0.1) is 0 Å². The normalized spacial score (nSPS) is 43.5. The third-order valence-electron chi connectivity index (χ3n) is 14.6. The van der Waals surface area contributed by atoms with Crippen LogP contribution >= 0.6 is 0 Å². The third kappa shape index (κ3) is 3.78. The first kappa shape index (κ1) is 29.7. The summed E-state index contributed by atoms with van der Waals surface area (Å²) in [5, 5.41) is 0. The van der Waals surface area contributed by atoms with Crippen LogP contribution < -0.4 is 4.74 Å². The molecule has 0 heterocycles.